The summed E-state index contributed by atoms with van der Waals surface area (Å²) in [6.07, 6.45) is 3.77. The molecule has 0 aliphatic heterocycles. The number of hydrogen-bond donors (Lipinski definition) is 0. The first-order chi connectivity index (χ1) is 7.66. The largest absolute Gasteiger partial charge is 0.407 e. The number of allylic oxidation sites excluding steroid dienone is 1. The highest BCUT2D eigenvalue weighted by Crippen LogP contribution is 2.65. The summed E-state index contributed by atoms with van der Waals surface area (Å²) in [6, 6.07) is 0. The summed E-state index contributed by atoms with van der Waals surface area (Å²) in [6.45, 7) is 14.8. The van der Waals surface area contributed by atoms with Crippen LogP contribution in [-0.2, 0) is 9.22 Å². The van der Waals surface area contributed by atoms with Crippen LogP contribution in [0.2, 0.25) is 19.6 Å². The molecule has 0 N–H and O–H groups in total. The van der Waals surface area contributed by atoms with Crippen LogP contribution in [0, 0.1) is 16.7 Å². The van der Waals surface area contributed by atoms with Crippen molar-refractivity contribution in [2.75, 3.05) is 0 Å². The molecule has 2 bridgehead atoms. The first-order valence-corrected chi connectivity index (χ1v) is 9.92. The molecule has 3 unspecified atom stereocenters. The van der Waals surface area contributed by atoms with Gasteiger partial charge in [0.2, 0.25) is 0 Å². The van der Waals surface area contributed by atoms with Crippen molar-refractivity contribution in [2.45, 2.75) is 52.4 Å². The van der Waals surface area contributed by atoms with Gasteiger partial charge >= 0.3 is 0 Å². The zero-order chi connectivity index (χ0) is 13.1. The van der Waals surface area contributed by atoms with Crippen LogP contribution in [0.15, 0.2) is 12.7 Å². The molecular formula is C14H24O2Si. The van der Waals surface area contributed by atoms with E-state index >= 15 is 0 Å². The van der Waals surface area contributed by atoms with Gasteiger partial charge in [-0.2, -0.15) is 0 Å². The van der Waals surface area contributed by atoms with E-state index in [-0.39, 0.29) is 22.7 Å². The summed E-state index contributed by atoms with van der Waals surface area (Å²) in [5.41, 5.74) is -0.321. The monoisotopic (exact) mass is 252 g/mol. The molecule has 3 heteroatoms. The summed E-state index contributed by atoms with van der Waals surface area (Å²) in [7, 11) is -1.66. The summed E-state index contributed by atoms with van der Waals surface area (Å²) in [5, 5.41) is 0. The third-order valence-corrected chi connectivity index (χ3v) is 5.78. The van der Waals surface area contributed by atoms with Gasteiger partial charge in [0.25, 0.3) is 0 Å². The molecule has 2 saturated carbocycles. The second-order valence-electron chi connectivity index (χ2n) is 7.06. The Morgan fingerprint density at radius 3 is 2.41 bits per heavy atom. The minimum atomic E-state index is -1.66. The SMILES string of the molecule is C=CC12CCC(C(O[Si](C)(C)C)C1=O)C2(C)C. The minimum Gasteiger partial charge on any atom is -0.407 e. The molecule has 2 fully saturated rings. The second kappa shape index (κ2) is 3.54. The molecule has 0 saturated heterocycles. The highest BCUT2D eigenvalue weighted by molar-refractivity contribution is 6.69. The summed E-state index contributed by atoms with van der Waals surface area (Å²) in [5.74, 6) is 0.663. The smallest absolute Gasteiger partial charge is 0.184 e. The average molecular weight is 252 g/mol. The van der Waals surface area contributed by atoms with Crippen molar-refractivity contribution in [3.63, 3.8) is 0 Å². The van der Waals surface area contributed by atoms with Crippen molar-refractivity contribution in [1.29, 1.82) is 0 Å². The molecule has 2 aliphatic carbocycles. The molecule has 2 aliphatic rings. The van der Waals surface area contributed by atoms with Crippen LogP contribution in [0.3, 0.4) is 0 Å². The van der Waals surface area contributed by atoms with Crippen molar-refractivity contribution in [3.05, 3.63) is 12.7 Å². The van der Waals surface area contributed by atoms with Crippen molar-refractivity contribution >= 4 is 14.1 Å². The van der Waals surface area contributed by atoms with E-state index in [0.29, 0.717) is 5.92 Å². The second-order valence-corrected chi connectivity index (χ2v) is 11.5. The van der Waals surface area contributed by atoms with Gasteiger partial charge in [0.05, 0.1) is 5.41 Å². The van der Waals surface area contributed by atoms with Gasteiger partial charge in [-0.15, -0.1) is 6.58 Å². The molecule has 17 heavy (non-hydrogen) atoms. The standard InChI is InChI=1S/C14H24O2Si/c1-7-14-9-8-10(13(14,2)3)11(12(14)15)16-17(4,5)6/h7,10-11H,1,8-9H2,2-6H3. The Balaban J connectivity index is 2.37. The van der Waals surface area contributed by atoms with Crippen molar-refractivity contribution in [1.82, 2.24) is 0 Å². The van der Waals surface area contributed by atoms with E-state index in [1.54, 1.807) is 0 Å². The highest BCUT2D eigenvalue weighted by atomic mass is 28.4. The quantitative estimate of drug-likeness (QED) is 0.568. The molecule has 0 radical (unpaired) electrons. The highest BCUT2D eigenvalue weighted by Gasteiger charge is 2.68. The van der Waals surface area contributed by atoms with Gasteiger partial charge in [-0.25, -0.2) is 0 Å². The predicted octanol–water partition coefficient (Wildman–Crippen LogP) is 3.40. The average Bonchev–Trinajstić information content (AvgIpc) is 2.51. The fraction of sp³-hybridized carbons (Fsp3) is 0.786. The molecular weight excluding hydrogens is 228 g/mol. The topological polar surface area (TPSA) is 26.3 Å². The maximum absolute atomic E-state index is 12.6. The van der Waals surface area contributed by atoms with Crippen molar-refractivity contribution in [2.24, 2.45) is 16.7 Å². The number of ketones is 1. The van der Waals surface area contributed by atoms with E-state index in [0.717, 1.165) is 12.8 Å². The van der Waals surface area contributed by atoms with Crippen LogP contribution < -0.4 is 0 Å². The number of carbonyl (C=O) groups is 1. The molecule has 0 aromatic heterocycles. The molecule has 0 aromatic rings. The van der Waals surface area contributed by atoms with Crippen LogP contribution in [0.25, 0.3) is 0 Å². The number of fused-ring (bicyclic) bond motifs is 2. The van der Waals surface area contributed by atoms with Crippen LogP contribution in [0.1, 0.15) is 26.7 Å². The molecule has 96 valence electrons. The Labute approximate surface area is 106 Å². The molecule has 0 spiro atoms. The fourth-order valence-electron chi connectivity index (χ4n) is 3.79. The lowest BCUT2D eigenvalue weighted by Gasteiger charge is -2.32. The van der Waals surface area contributed by atoms with Gasteiger partial charge in [-0.05, 0) is 43.8 Å². The number of carbonyl (C=O) groups excluding carboxylic acids is 1. The fourth-order valence-corrected chi connectivity index (χ4v) is 4.82. The Bertz CT molecular complexity index is 367. The Kier molecular flexibility index (Phi) is 2.72. The predicted molar refractivity (Wildman–Crippen MR) is 72.4 cm³/mol. The number of hydrogen-bond acceptors (Lipinski definition) is 2. The van der Waals surface area contributed by atoms with E-state index < -0.39 is 8.32 Å². The maximum atomic E-state index is 12.6. The third kappa shape index (κ3) is 1.59. The first-order valence-electron chi connectivity index (χ1n) is 6.51. The summed E-state index contributed by atoms with van der Waals surface area (Å²) in [4.78, 5) is 12.6. The van der Waals surface area contributed by atoms with E-state index in [1.807, 2.05) is 6.08 Å². The van der Waals surface area contributed by atoms with Crippen LogP contribution in [0.5, 0.6) is 0 Å². The molecule has 2 nitrogen and oxygen atoms in total. The van der Waals surface area contributed by atoms with E-state index in [1.165, 1.54) is 0 Å². The minimum absolute atomic E-state index is 0.0101. The normalized spacial score (nSPS) is 39.7. The molecule has 0 amide bonds. The van der Waals surface area contributed by atoms with Crippen molar-refractivity contribution in [3.8, 4) is 0 Å². The van der Waals surface area contributed by atoms with Crippen molar-refractivity contribution < 1.29 is 9.22 Å². The van der Waals surface area contributed by atoms with Crippen LogP contribution in [0.4, 0.5) is 0 Å². The lowest BCUT2D eigenvalue weighted by atomic mass is 9.69. The number of rotatable bonds is 3. The zero-order valence-electron chi connectivity index (χ0n) is 11.7. The van der Waals surface area contributed by atoms with Crippen LogP contribution >= 0.6 is 0 Å². The zero-order valence-corrected chi connectivity index (χ0v) is 12.7. The lowest BCUT2D eigenvalue weighted by Crippen LogP contribution is -2.42. The molecule has 3 atom stereocenters. The number of Topliss-reactive ketones (excluding diaryl/α,β-unsaturated/α-hetero) is 1. The van der Waals surface area contributed by atoms with Gasteiger partial charge in [-0.3, -0.25) is 4.79 Å². The Morgan fingerprint density at radius 1 is 1.41 bits per heavy atom. The first kappa shape index (κ1) is 13.0. The lowest BCUT2D eigenvalue weighted by molar-refractivity contribution is -0.133. The molecule has 0 aromatic carbocycles. The van der Waals surface area contributed by atoms with Gasteiger partial charge in [0.1, 0.15) is 6.10 Å². The van der Waals surface area contributed by atoms with E-state index in [4.69, 9.17) is 4.43 Å². The van der Waals surface area contributed by atoms with Gasteiger partial charge in [0.15, 0.2) is 14.1 Å². The summed E-state index contributed by atoms with van der Waals surface area (Å²) >= 11 is 0. The Hall–Kier alpha value is -0.413. The van der Waals surface area contributed by atoms with E-state index in [9.17, 15) is 4.79 Å². The third-order valence-electron chi connectivity index (χ3n) is 4.82. The maximum Gasteiger partial charge on any atom is 0.184 e. The summed E-state index contributed by atoms with van der Waals surface area (Å²) < 4.78 is 6.15. The van der Waals surface area contributed by atoms with Crippen LogP contribution in [-0.4, -0.2) is 20.2 Å². The molecule has 0 heterocycles. The van der Waals surface area contributed by atoms with Gasteiger partial charge in [-0.1, -0.05) is 19.9 Å². The van der Waals surface area contributed by atoms with E-state index in [2.05, 4.69) is 40.1 Å². The van der Waals surface area contributed by atoms with Gasteiger partial charge in [0, 0.05) is 0 Å². The molecule has 2 rings (SSSR count). The van der Waals surface area contributed by atoms with Gasteiger partial charge < -0.3 is 4.43 Å². The Morgan fingerprint density at radius 2 is 2.00 bits per heavy atom.